The maximum Gasteiger partial charge on any atom is 0.339 e. The molecule has 2 aromatic carbocycles. The Bertz CT molecular complexity index is 646. The molecule has 0 atom stereocenters. The fraction of sp³-hybridized carbons (Fsp3) is 0. The Morgan fingerprint density at radius 2 is 2.00 bits per heavy atom. The van der Waals surface area contributed by atoms with Crippen LogP contribution >= 0.6 is 34.2 Å². The van der Waals surface area contributed by atoms with Crippen LogP contribution in [0.3, 0.4) is 0 Å². The van der Waals surface area contributed by atoms with E-state index in [1.165, 1.54) is 12.1 Å². The van der Waals surface area contributed by atoms with Gasteiger partial charge in [-0.3, -0.25) is 0 Å². The summed E-state index contributed by atoms with van der Waals surface area (Å²) in [6.07, 6.45) is 0. The highest BCUT2D eigenvalue weighted by Gasteiger charge is 2.17. The molecule has 0 heterocycles. The average Bonchev–Trinajstić information content (AvgIpc) is 2.34. The van der Waals surface area contributed by atoms with Gasteiger partial charge in [-0.1, -0.05) is 23.7 Å². The van der Waals surface area contributed by atoms with Crippen molar-refractivity contribution in [2.24, 2.45) is 0 Å². The number of para-hydroxylation sites is 1. The number of rotatable bonds is 3. The molecule has 0 aliphatic rings. The molecule has 0 unspecified atom stereocenters. The van der Waals surface area contributed by atoms with Gasteiger partial charge in [0, 0.05) is 5.69 Å². The number of aromatic carboxylic acids is 1. The van der Waals surface area contributed by atoms with Crippen molar-refractivity contribution in [3.05, 3.63) is 50.6 Å². The smallest absolute Gasteiger partial charge is 0.339 e. The van der Waals surface area contributed by atoms with Crippen LogP contribution in [0.1, 0.15) is 10.4 Å². The minimum absolute atomic E-state index is 0.0651. The SMILES string of the molecule is Nc1cc(Cl)c(Oc2ccccc2I)c(C(=O)O)c1. The zero-order valence-electron chi connectivity index (χ0n) is 9.56. The number of hydrogen-bond acceptors (Lipinski definition) is 3. The summed E-state index contributed by atoms with van der Waals surface area (Å²) in [4.78, 5) is 11.2. The number of nitrogen functional groups attached to an aromatic ring is 1. The Labute approximate surface area is 128 Å². The number of ether oxygens (including phenoxy) is 1. The number of nitrogens with two attached hydrogens (primary N) is 1. The molecule has 6 heteroatoms. The minimum Gasteiger partial charge on any atom is -0.478 e. The lowest BCUT2D eigenvalue weighted by Crippen LogP contribution is -2.03. The topological polar surface area (TPSA) is 72.5 Å². The van der Waals surface area contributed by atoms with Gasteiger partial charge < -0.3 is 15.6 Å². The van der Waals surface area contributed by atoms with E-state index in [1.807, 2.05) is 12.1 Å². The fourth-order valence-corrected chi connectivity index (χ4v) is 2.28. The van der Waals surface area contributed by atoms with Crippen LogP contribution in [0.2, 0.25) is 5.02 Å². The van der Waals surface area contributed by atoms with Crippen LogP contribution in [-0.2, 0) is 0 Å². The van der Waals surface area contributed by atoms with Gasteiger partial charge in [-0.25, -0.2) is 4.79 Å². The van der Waals surface area contributed by atoms with Crippen LogP contribution in [0.4, 0.5) is 5.69 Å². The molecule has 0 aliphatic carbocycles. The van der Waals surface area contributed by atoms with Gasteiger partial charge >= 0.3 is 5.97 Å². The summed E-state index contributed by atoms with van der Waals surface area (Å²) in [5, 5.41) is 9.33. The third-order valence-electron chi connectivity index (χ3n) is 2.35. The molecule has 98 valence electrons. The number of hydrogen-bond donors (Lipinski definition) is 2. The van der Waals surface area contributed by atoms with Crippen LogP contribution < -0.4 is 10.5 Å². The third kappa shape index (κ3) is 3.10. The maximum atomic E-state index is 11.2. The van der Waals surface area contributed by atoms with Crippen molar-refractivity contribution < 1.29 is 14.6 Å². The van der Waals surface area contributed by atoms with E-state index < -0.39 is 5.97 Å². The van der Waals surface area contributed by atoms with Crippen LogP contribution in [0, 0.1) is 3.57 Å². The first-order chi connectivity index (χ1) is 8.99. The predicted molar refractivity (Wildman–Crippen MR) is 82.1 cm³/mol. The van der Waals surface area contributed by atoms with Gasteiger partial charge in [0.25, 0.3) is 0 Å². The minimum atomic E-state index is -1.14. The quantitative estimate of drug-likeness (QED) is 0.614. The zero-order chi connectivity index (χ0) is 14.0. The molecular formula is C13H9ClINO3. The second kappa shape index (κ2) is 5.66. The molecule has 0 bridgehead atoms. The summed E-state index contributed by atoms with van der Waals surface area (Å²) in [6.45, 7) is 0. The van der Waals surface area contributed by atoms with Crippen molar-refractivity contribution in [3.63, 3.8) is 0 Å². The van der Waals surface area contributed by atoms with Crippen molar-refractivity contribution in [1.82, 2.24) is 0 Å². The largest absolute Gasteiger partial charge is 0.478 e. The Morgan fingerprint density at radius 1 is 1.32 bits per heavy atom. The van der Waals surface area contributed by atoms with Gasteiger partial charge in [0.15, 0.2) is 5.75 Å². The van der Waals surface area contributed by atoms with Crippen molar-refractivity contribution in [2.75, 3.05) is 5.73 Å². The molecule has 0 aromatic heterocycles. The van der Waals surface area contributed by atoms with E-state index in [2.05, 4.69) is 22.6 Å². The molecule has 0 saturated heterocycles. The van der Waals surface area contributed by atoms with E-state index in [4.69, 9.17) is 27.2 Å². The molecule has 0 radical (unpaired) electrons. The first kappa shape index (κ1) is 14.0. The van der Waals surface area contributed by atoms with E-state index in [1.54, 1.807) is 12.1 Å². The summed E-state index contributed by atoms with van der Waals surface area (Å²) in [5.41, 5.74) is 5.79. The first-order valence-electron chi connectivity index (χ1n) is 5.23. The standard InChI is InChI=1S/C13H9ClINO3/c14-9-6-7(16)5-8(13(17)18)12(9)19-11-4-2-1-3-10(11)15/h1-6H,16H2,(H,17,18). The number of benzene rings is 2. The molecular weight excluding hydrogens is 381 g/mol. The predicted octanol–water partition coefficient (Wildman–Crippen LogP) is 4.02. The molecule has 0 amide bonds. The maximum absolute atomic E-state index is 11.2. The summed E-state index contributed by atoms with van der Waals surface area (Å²) in [6, 6.07) is 10.0. The van der Waals surface area contributed by atoms with Crippen molar-refractivity contribution in [3.8, 4) is 11.5 Å². The average molecular weight is 390 g/mol. The van der Waals surface area contributed by atoms with Gasteiger partial charge in [-0.05, 0) is 46.9 Å². The van der Waals surface area contributed by atoms with Gasteiger partial charge in [0.05, 0.1) is 8.59 Å². The number of anilines is 1. The third-order valence-corrected chi connectivity index (χ3v) is 3.52. The van der Waals surface area contributed by atoms with E-state index >= 15 is 0 Å². The second-order valence-corrected chi connectivity index (χ2v) is 5.29. The molecule has 0 fully saturated rings. The van der Waals surface area contributed by atoms with E-state index in [9.17, 15) is 4.79 Å². The highest BCUT2D eigenvalue weighted by Crippen LogP contribution is 2.36. The lowest BCUT2D eigenvalue weighted by molar-refractivity contribution is 0.0694. The van der Waals surface area contributed by atoms with Gasteiger partial charge in [0.1, 0.15) is 11.3 Å². The highest BCUT2D eigenvalue weighted by molar-refractivity contribution is 14.1. The molecule has 2 rings (SSSR count). The number of carboxylic acid groups (broad SMARTS) is 1. The Balaban J connectivity index is 2.51. The highest BCUT2D eigenvalue weighted by atomic mass is 127. The summed E-state index contributed by atoms with van der Waals surface area (Å²) < 4.78 is 6.46. The zero-order valence-corrected chi connectivity index (χ0v) is 12.5. The molecule has 2 aromatic rings. The lowest BCUT2D eigenvalue weighted by Gasteiger charge is -2.12. The van der Waals surface area contributed by atoms with E-state index in [0.717, 1.165) is 3.57 Å². The summed E-state index contributed by atoms with van der Waals surface area (Å²) >= 11 is 8.10. The number of carbonyl (C=O) groups is 1. The first-order valence-corrected chi connectivity index (χ1v) is 6.69. The molecule has 0 aliphatic heterocycles. The van der Waals surface area contributed by atoms with Crippen molar-refractivity contribution in [1.29, 1.82) is 0 Å². The van der Waals surface area contributed by atoms with Gasteiger partial charge in [-0.15, -0.1) is 0 Å². The Kier molecular flexibility index (Phi) is 4.16. The van der Waals surface area contributed by atoms with Gasteiger partial charge in [0.2, 0.25) is 0 Å². The van der Waals surface area contributed by atoms with Gasteiger partial charge in [-0.2, -0.15) is 0 Å². The molecule has 0 spiro atoms. The Hall–Kier alpha value is -1.47. The molecule has 4 nitrogen and oxygen atoms in total. The fourth-order valence-electron chi connectivity index (χ4n) is 1.51. The monoisotopic (exact) mass is 389 g/mol. The second-order valence-electron chi connectivity index (χ2n) is 3.72. The van der Waals surface area contributed by atoms with Crippen LogP contribution in [0.25, 0.3) is 0 Å². The molecule has 3 N–H and O–H groups in total. The normalized spacial score (nSPS) is 10.2. The lowest BCUT2D eigenvalue weighted by atomic mass is 10.2. The molecule has 19 heavy (non-hydrogen) atoms. The van der Waals surface area contributed by atoms with E-state index in [0.29, 0.717) is 5.75 Å². The van der Waals surface area contributed by atoms with Crippen LogP contribution in [0.15, 0.2) is 36.4 Å². The van der Waals surface area contributed by atoms with Crippen LogP contribution in [-0.4, -0.2) is 11.1 Å². The molecule has 0 saturated carbocycles. The van der Waals surface area contributed by atoms with Crippen molar-refractivity contribution in [2.45, 2.75) is 0 Å². The summed E-state index contributed by atoms with van der Waals surface area (Å²) in [7, 11) is 0. The number of carboxylic acids is 1. The summed E-state index contributed by atoms with van der Waals surface area (Å²) in [5.74, 6) is -0.514. The number of halogens is 2. The van der Waals surface area contributed by atoms with Crippen molar-refractivity contribution >= 4 is 45.8 Å². The van der Waals surface area contributed by atoms with E-state index in [-0.39, 0.29) is 22.0 Å². The van der Waals surface area contributed by atoms with Crippen LogP contribution in [0.5, 0.6) is 11.5 Å². The Morgan fingerprint density at radius 3 is 2.63 bits per heavy atom.